The largest absolute Gasteiger partial charge is 0.311 e. The Bertz CT molecular complexity index is 383. The Morgan fingerprint density at radius 1 is 1.29 bits per heavy atom. The van der Waals surface area contributed by atoms with Gasteiger partial charge in [0.25, 0.3) is 0 Å². The zero-order chi connectivity index (χ0) is 12.5. The molecule has 1 rings (SSSR count). The Hall–Kier alpha value is -1.42. The molecule has 92 valence electrons. The van der Waals surface area contributed by atoms with Crippen molar-refractivity contribution in [3.05, 3.63) is 59.7 Å². The van der Waals surface area contributed by atoms with E-state index < -0.39 is 0 Å². The number of allylic oxidation sites excluding steroid dienone is 4. The monoisotopic (exact) mass is 231 g/mol. The second-order valence-corrected chi connectivity index (χ2v) is 3.86. The van der Waals surface area contributed by atoms with Crippen molar-refractivity contribution in [2.75, 3.05) is 0 Å². The first-order valence-electron chi connectivity index (χ1n) is 5.90. The number of nitrogens with two attached hydrogens (primary N) is 2. The molecular weight excluding hydrogens is 210 g/mol. The van der Waals surface area contributed by atoms with E-state index in [4.69, 9.17) is 11.6 Å². The molecule has 0 aliphatic carbocycles. The van der Waals surface area contributed by atoms with Crippen LogP contribution in [-0.4, -0.2) is 0 Å². The maximum atomic E-state index is 5.79. The van der Waals surface area contributed by atoms with E-state index in [1.54, 1.807) is 0 Å². The zero-order valence-corrected chi connectivity index (χ0v) is 10.3. The fourth-order valence-electron chi connectivity index (χ4n) is 1.51. The number of benzene rings is 1. The second-order valence-electron chi connectivity index (χ2n) is 3.86. The van der Waals surface area contributed by atoms with Crippen LogP contribution in [-0.2, 0) is 6.42 Å². The first kappa shape index (κ1) is 13.6. The molecule has 1 aromatic carbocycles. The number of hydrogen-bond acceptors (Lipinski definition) is 3. The van der Waals surface area contributed by atoms with Crippen LogP contribution in [0.25, 0.3) is 0 Å². The summed E-state index contributed by atoms with van der Waals surface area (Å²) < 4.78 is 0. The molecule has 0 saturated carbocycles. The van der Waals surface area contributed by atoms with Crippen molar-refractivity contribution in [1.29, 1.82) is 0 Å². The fraction of sp³-hybridized carbons (Fsp3) is 0.286. The first-order valence-corrected chi connectivity index (χ1v) is 5.90. The Labute approximate surface area is 103 Å². The molecule has 3 nitrogen and oxygen atoms in total. The van der Waals surface area contributed by atoms with E-state index >= 15 is 0 Å². The molecule has 0 aromatic heterocycles. The maximum absolute atomic E-state index is 5.79. The molecule has 0 fully saturated rings. The van der Waals surface area contributed by atoms with E-state index in [2.05, 4.69) is 48.8 Å². The molecule has 0 heterocycles. The molecule has 0 spiro atoms. The minimum Gasteiger partial charge on any atom is -0.311 e. The van der Waals surface area contributed by atoms with Gasteiger partial charge in [-0.3, -0.25) is 5.84 Å². The molecule has 0 radical (unpaired) electrons. The summed E-state index contributed by atoms with van der Waals surface area (Å²) in [4.78, 5) is 0. The van der Waals surface area contributed by atoms with Crippen LogP contribution in [0.15, 0.2) is 48.6 Å². The van der Waals surface area contributed by atoms with Gasteiger partial charge in [0.15, 0.2) is 0 Å². The fourth-order valence-corrected chi connectivity index (χ4v) is 1.51. The van der Waals surface area contributed by atoms with Crippen molar-refractivity contribution in [2.45, 2.75) is 25.9 Å². The topological polar surface area (TPSA) is 64.1 Å². The zero-order valence-electron chi connectivity index (χ0n) is 10.3. The molecule has 1 unspecified atom stereocenters. The lowest BCUT2D eigenvalue weighted by atomic mass is 10.1. The number of nitrogens with one attached hydrogen (secondary N) is 1. The van der Waals surface area contributed by atoms with Crippen molar-refractivity contribution < 1.29 is 0 Å². The third-order valence-electron chi connectivity index (χ3n) is 2.46. The average molecular weight is 231 g/mol. The number of rotatable bonds is 6. The summed E-state index contributed by atoms with van der Waals surface area (Å²) in [5.41, 5.74) is 10.6. The second kappa shape index (κ2) is 7.79. The van der Waals surface area contributed by atoms with Gasteiger partial charge < -0.3 is 5.73 Å². The molecule has 0 bridgehead atoms. The predicted octanol–water partition coefficient (Wildman–Crippen LogP) is 2.17. The molecule has 17 heavy (non-hydrogen) atoms. The molecule has 0 aliphatic heterocycles. The maximum Gasteiger partial charge on any atom is 0.0936 e. The molecule has 0 saturated heterocycles. The summed E-state index contributed by atoms with van der Waals surface area (Å²) in [7, 11) is 0. The highest BCUT2D eigenvalue weighted by atomic mass is 15.3. The molecular formula is C14H21N3. The molecule has 0 aliphatic rings. The lowest BCUT2D eigenvalue weighted by molar-refractivity contribution is 0.576. The van der Waals surface area contributed by atoms with Gasteiger partial charge in [0, 0.05) is 0 Å². The van der Waals surface area contributed by atoms with Gasteiger partial charge in [0.2, 0.25) is 0 Å². The van der Waals surface area contributed by atoms with E-state index in [0.29, 0.717) is 0 Å². The van der Waals surface area contributed by atoms with Gasteiger partial charge in [-0.1, -0.05) is 55.5 Å². The number of hydrogen-bond donors (Lipinski definition) is 3. The Morgan fingerprint density at radius 2 is 2.06 bits per heavy atom. The van der Waals surface area contributed by atoms with Gasteiger partial charge in [-0.25, -0.2) is 5.43 Å². The van der Waals surface area contributed by atoms with Crippen LogP contribution in [0.3, 0.4) is 0 Å². The summed E-state index contributed by atoms with van der Waals surface area (Å²) in [5, 5.41) is 0. The summed E-state index contributed by atoms with van der Waals surface area (Å²) >= 11 is 0. The smallest absolute Gasteiger partial charge is 0.0936 e. The first-order chi connectivity index (χ1) is 8.27. The lowest BCUT2D eigenvalue weighted by Gasteiger charge is -2.11. The quantitative estimate of drug-likeness (QED) is 0.304. The van der Waals surface area contributed by atoms with E-state index in [1.807, 2.05) is 12.1 Å². The summed E-state index contributed by atoms with van der Waals surface area (Å²) in [6.45, 7) is 2.12. The highest BCUT2D eigenvalue weighted by molar-refractivity contribution is 5.27. The highest BCUT2D eigenvalue weighted by Crippen LogP contribution is 2.10. The molecule has 3 heteroatoms. The van der Waals surface area contributed by atoms with Crippen molar-refractivity contribution in [3.63, 3.8) is 0 Å². The minimum absolute atomic E-state index is 0.307. The van der Waals surface area contributed by atoms with E-state index in [9.17, 15) is 0 Å². The van der Waals surface area contributed by atoms with Crippen LogP contribution in [0.1, 0.15) is 30.6 Å². The van der Waals surface area contributed by atoms with Gasteiger partial charge in [-0.15, -0.1) is 0 Å². The normalized spacial score (nSPS) is 13.6. The van der Waals surface area contributed by atoms with Crippen LogP contribution in [0, 0.1) is 0 Å². The standard InChI is InChI=1S/C14H21N3/c1-2-3-4-5-6-8-12-9-7-10-13(11-12)14(15)17-16/h3-7,9-11,14,17H,2,8,15-16H2,1H3/b4-3-,6-5-. The van der Waals surface area contributed by atoms with Crippen molar-refractivity contribution >= 4 is 0 Å². The highest BCUT2D eigenvalue weighted by Gasteiger charge is 2.02. The van der Waals surface area contributed by atoms with Crippen molar-refractivity contribution in [1.82, 2.24) is 5.43 Å². The Balaban J connectivity index is 2.60. The van der Waals surface area contributed by atoms with Crippen LogP contribution >= 0.6 is 0 Å². The van der Waals surface area contributed by atoms with Gasteiger partial charge >= 0.3 is 0 Å². The predicted molar refractivity (Wildman–Crippen MR) is 73.0 cm³/mol. The molecule has 1 atom stereocenters. The van der Waals surface area contributed by atoms with Crippen LogP contribution in [0.2, 0.25) is 0 Å². The summed E-state index contributed by atoms with van der Waals surface area (Å²) in [5.74, 6) is 5.31. The summed E-state index contributed by atoms with van der Waals surface area (Å²) in [6, 6.07) is 8.12. The third-order valence-corrected chi connectivity index (χ3v) is 2.46. The van der Waals surface area contributed by atoms with Gasteiger partial charge in [-0.2, -0.15) is 0 Å². The van der Waals surface area contributed by atoms with Gasteiger partial charge in [-0.05, 0) is 24.0 Å². The SMILES string of the molecule is CC/C=C\C=C/Cc1cccc(C(N)NN)c1. The van der Waals surface area contributed by atoms with Crippen LogP contribution in [0.5, 0.6) is 0 Å². The van der Waals surface area contributed by atoms with E-state index in [-0.39, 0.29) is 6.17 Å². The average Bonchev–Trinajstić information content (AvgIpc) is 2.38. The van der Waals surface area contributed by atoms with Gasteiger partial charge in [0.05, 0.1) is 6.17 Å². The van der Waals surface area contributed by atoms with E-state index in [1.165, 1.54) is 5.56 Å². The minimum atomic E-state index is -0.307. The van der Waals surface area contributed by atoms with Crippen LogP contribution in [0.4, 0.5) is 0 Å². The summed E-state index contributed by atoms with van der Waals surface area (Å²) in [6.07, 6.45) is 10.1. The van der Waals surface area contributed by atoms with Crippen molar-refractivity contribution in [2.24, 2.45) is 11.6 Å². The molecule has 0 amide bonds. The third kappa shape index (κ3) is 4.95. The molecule has 1 aromatic rings. The lowest BCUT2D eigenvalue weighted by Crippen LogP contribution is -2.34. The number of hydrazine groups is 1. The van der Waals surface area contributed by atoms with Crippen molar-refractivity contribution in [3.8, 4) is 0 Å². The Morgan fingerprint density at radius 3 is 2.76 bits per heavy atom. The van der Waals surface area contributed by atoms with Gasteiger partial charge in [0.1, 0.15) is 0 Å². The van der Waals surface area contributed by atoms with E-state index in [0.717, 1.165) is 18.4 Å². The van der Waals surface area contributed by atoms with Crippen LogP contribution < -0.4 is 17.0 Å². The molecule has 5 N–H and O–H groups in total. The Kier molecular flexibility index (Phi) is 6.25.